The minimum atomic E-state index is 0.378. The Morgan fingerprint density at radius 1 is 1.43 bits per heavy atom. The van der Waals surface area contributed by atoms with Crippen molar-refractivity contribution in [2.24, 2.45) is 0 Å². The minimum Gasteiger partial charge on any atom is -0.307 e. The average molecular weight is 191 g/mol. The van der Waals surface area contributed by atoms with Crippen LogP contribution in [0.4, 0.5) is 0 Å². The lowest BCUT2D eigenvalue weighted by Gasteiger charge is -2.15. The Bertz CT molecular complexity index is 331. The highest BCUT2D eigenvalue weighted by molar-refractivity contribution is 5.20. The molecule has 2 rings (SSSR count). The van der Waals surface area contributed by atoms with E-state index >= 15 is 0 Å². The second-order valence-electron chi connectivity index (χ2n) is 4.12. The summed E-state index contributed by atoms with van der Waals surface area (Å²) in [5.74, 6) is 0.852. The summed E-state index contributed by atoms with van der Waals surface area (Å²) in [6.07, 6.45) is 4.57. The quantitative estimate of drug-likeness (QED) is 0.793. The summed E-state index contributed by atoms with van der Waals surface area (Å²) in [7, 11) is 0. The van der Waals surface area contributed by atoms with E-state index in [2.05, 4.69) is 29.1 Å². The van der Waals surface area contributed by atoms with Crippen LogP contribution < -0.4 is 5.32 Å². The monoisotopic (exact) mass is 191 g/mol. The first-order valence-electron chi connectivity index (χ1n) is 5.23. The fourth-order valence-electron chi connectivity index (χ4n) is 1.71. The smallest absolute Gasteiger partial charge is 0.125 e. The summed E-state index contributed by atoms with van der Waals surface area (Å²) in [6.45, 7) is 6.16. The topological polar surface area (TPSA) is 37.8 Å². The summed E-state index contributed by atoms with van der Waals surface area (Å²) in [5, 5.41) is 3.55. The fraction of sp³-hybridized carbons (Fsp3) is 0.636. The molecule has 1 aliphatic rings. The van der Waals surface area contributed by atoms with Gasteiger partial charge in [-0.25, -0.2) is 9.97 Å². The van der Waals surface area contributed by atoms with Crippen molar-refractivity contribution in [3.63, 3.8) is 0 Å². The summed E-state index contributed by atoms with van der Waals surface area (Å²) in [6, 6.07) is 1.11. The van der Waals surface area contributed by atoms with Gasteiger partial charge in [-0.2, -0.15) is 0 Å². The van der Waals surface area contributed by atoms with Gasteiger partial charge >= 0.3 is 0 Å². The second kappa shape index (κ2) is 3.65. The van der Waals surface area contributed by atoms with Crippen LogP contribution >= 0.6 is 0 Å². The summed E-state index contributed by atoms with van der Waals surface area (Å²) < 4.78 is 0. The molecule has 0 aliphatic heterocycles. The summed E-state index contributed by atoms with van der Waals surface area (Å²) in [4.78, 5) is 8.61. The van der Waals surface area contributed by atoms with E-state index in [4.69, 9.17) is 0 Å². The molecule has 0 saturated heterocycles. The van der Waals surface area contributed by atoms with Gasteiger partial charge in [0.25, 0.3) is 0 Å². The van der Waals surface area contributed by atoms with Crippen molar-refractivity contribution >= 4 is 0 Å². The van der Waals surface area contributed by atoms with Crippen LogP contribution in [0, 0.1) is 13.8 Å². The number of nitrogens with one attached hydrogen (secondary N) is 1. The number of aromatic nitrogens is 2. The zero-order chi connectivity index (χ0) is 10.1. The molecule has 1 aromatic heterocycles. The lowest BCUT2D eigenvalue weighted by Crippen LogP contribution is -2.22. The lowest BCUT2D eigenvalue weighted by molar-refractivity contribution is 0.563. The van der Waals surface area contributed by atoms with E-state index in [0.29, 0.717) is 6.04 Å². The molecule has 1 fully saturated rings. The highest BCUT2D eigenvalue weighted by atomic mass is 15.0. The Labute approximate surface area is 85.0 Å². The molecule has 1 aliphatic carbocycles. The second-order valence-corrected chi connectivity index (χ2v) is 4.12. The van der Waals surface area contributed by atoms with Crippen molar-refractivity contribution in [1.82, 2.24) is 15.3 Å². The Hall–Kier alpha value is -0.960. The van der Waals surface area contributed by atoms with Gasteiger partial charge in [0, 0.05) is 29.5 Å². The van der Waals surface area contributed by atoms with E-state index in [0.717, 1.165) is 17.6 Å². The van der Waals surface area contributed by atoms with Crippen molar-refractivity contribution < 1.29 is 0 Å². The number of hydrogen-bond donors (Lipinski definition) is 1. The van der Waals surface area contributed by atoms with Crippen LogP contribution in [0.25, 0.3) is 0 Å². The first-order chi connectivity index (χ1) is 6.66. The van der Waals surface area contributed by atoms with Crippen molar-refractivity contribution in [1.29, 1.82) is 0 Å². The highest BCUT2D eigenvalue weighted by Crippen LogP contribution is 2.24. The van der Waals surface area contributed by atoms with Crippen molar-refractivity contribution in [3.8, 4) is 0 Å². The van der Waals surface area contributed by atoms with Crippen LogP contribution in [0.3, 0.4) is 0 Å². The summed E-state index contributed by atoms with van der Waals surface area (Å²) in [5.41, 5.74) is 2.32. The van der Waals surface area contributed by atoms with Crippen LogP contribution in [0.5, 0.6) is 0 Å². The molecule has 3 nitrogen and oxygen atoms in total. The Morgan fingerprint density at radius 3 is 2.71 bits per heavy atom. The molecule has 1 saturated carbocycles. The van der Waals surface area contributed by atoms with Crippen molar-refractivity contribution in [3.05, 3.63) is 23.3 Å². The highest BCUT2D eigenvalue weighted by Gasteiger charge is 2.24. The maximum atomic E-state index is 4.37. The number of aryl methyl sites for hydroxylation is 2. The van der Waals surface area contributed by atoms with Crippen molar-refractivity contribution in [2.75, 3.05) is 0 Å². The van der Waals surface area contributed by atoms with Gasteiger partial charge in [0.2, 0.25) is 0 Å². The van der Waals surface area contributed by atoms with E-state index in [1.807, 2.05) is 13.1 Å². The van der Waals surface area contributed by atoms with E-state index in [1.54, 1.807) is 0 Å². The van der Waals surface area contributed by atoms with E-state index < -0.39 is 0 Å². The molecule has 0 spiro atoms. The normalized spacial score (nSPS) is 18.2. The molecule has 0 bridgehead atoms. The largest absolute Gasteiger partial charge is 0.307 e. The SMILES string of the molecule is Cc1ncc(C(C)NC2CC2)c(C)n1. The molecule has 76 valence electrons. The zero-order valence-corrected chi connectivity index (χ0v) is 9.04. The van der Waals surface area contributed by atoms with Crippen LogP contribution in [0.1, 0.15) is 42.9 Å². The average Bonchev–Trinajstić information content (AvgIpc) is 2.87. The van der Waals surface area contributed by atoms with Crippen LogP contribution in [-0.2, 0) is 0 Å². The molecule has 0 radical (unpaired) electrons. The molecule has 14 heavy (non-hydrogen) atoms. The standard InChI is InChI=1S/C11H17N3/c1-7-11(6-12-9(3)13-7)8(2)14-10-4-5-10/h6,8,10,14H,4-5H2,1-3H3. The predicted molar refractivity (Wildman–Crippen MR) is 56.1 cm³/mol. The van der Waals surface area contributed by atoms with Crippen LogP contribution in [0.15, 0.2) is 6.20 Å². The molecule has 1 heterocycles. The lowest BCUT2D eigenvalue weighted by atomic mass is 10.1. The Balaban J connectivity index is 2.13. The van der Waals surface area contributed by atoms with Gasteiger partial charge < -0.3 is 5.32 Å². The van der Waals surface area contributed by atoms with E-state index in [1.165, 1.54) is 18.4 Å². The molecule has 1 aromatic rings. The first-order valence-corrected chi connectivity index (χ1v) is 5.23. The number of hydrogen-bond acceptors (Lipinski definition) is 3. The molecule has 1 atom stereocenters. The van der Waals surface area contributed by atoms with Gasteiger partial charge in [-0.3, -0.25) is 0 Å². The molecule has 0 aromatic carbocycles. The zero-order valence-electron chi connectivity index (χ0n) is 9.04. The maximum Gasteiger partial charge on any atom is 0.125 e. The predicted octanol–water partition coefficient (Wildman–Crippen LogP) is 1.91. The van der Waals surface area contributed by atoms with Gasteiger partial charge in [0.1, 0.15) is 5.82 Å². The molecular formula is C11H17N3. The van der Waals surface area contributed by atoms with Crippen molar-refractivity contribution in [2.45, 2.75) is 45.7 Å². The molecule has 1 N–H and O–H groups in total. The first kappa shape index (κ1) is 9.59. The molecular weight excluding hydrogens is 174 g/mol. The molecule has 3 heteroatoms. The Morgan fingerprint density at radius 2 is 2.14 bits per heavy atom. The van der Waals surface area contributed by atoms with E-state index in [9.17, 15) is 0 Å². The molecule has 1 unspecified atom stereocenters. The fourth-order valence-corrected chi connectivity index (χ4v) is 1.71. The Kier molecular flexibility index (Phi) is 2.50. The van der Waals surface area contributed by atoms with Crippen LogP contribution in [0.2, 0.25) is 0 Å². The molecule has 0 amide bonds. The van der Waals surface area contributed by atoms with Gasteiger partial charge in [-0.15, -0.1) is 0 Å². The van der Waals surface area contributed by atoms with E-state index in [-0.39, 0.29) is 0 Å². The minimum absolute atomic E-state index is 0.378. The number of rotatable bonds is 3. The third-order valence-corrected chi connectivity index (χ3v) is 2.67. The third kappa shape index (κ3) is 2.10. The van der Waals surface area contributed by atoms with Gasteiger partial charge in [0.15, 0.2) is 0 Å². The van der Waals surface area contributed by atoms with Gasteiger partial charge in [-0.1, -0.05) is 0 Å². The van der Waals surface area contributed by atoms with Gasteiger partial charge in [-0.05, 0) is 33.6 Å². The van der Waals surface area contributed by atoms with Gasteiger partial charge in [0.05, 0.1) is 0 Å². The summed E-state index contributed by atoms with van der Waals surface area (Å²) >= 11 is 0. The maximum absolute atomic E-state index is 4.37. The number of nitrogens with zero attached hydrogens (tertiary/aromatic N) is 2. The third-order valence-electron chi connectivity index (χ3n) is 2.67. The van der Waals surface area contributed by atoms with Crippen LogP contribution in [-0.4, -0.2) is 16.0 Å².